The van der Waals surface area contributed by atoms with Gasteiger partial charge in [-0.15, -0.1) is 11.3 Å². The topological polar surface area (TPSA) is 91.9 Å². The van der Waals surface area contributed by atoms with E-state index in [2.05, 4.69) is 10.3 Å². The van der Waals surface area contributed by atoms with Crippen LogP contribution in [-0.4, -0.2) is 10.3 Å². The molecule has 0 bridgehead atoms. The number of hydrogen-bond donors (Lipinski definition) is 1. The lowest BCUT2D eigenvalue weighted by Crippen LogP contribution is -2.34. The Hall–Kier alpha value is -2.41. The Morgan fingerprint density at radius 3 is 2.72 bits per heavy atom. The van der Waals surface area contributed by atoms with E-state index < -0.39 is 5.95 Å². The molecule has 0 saturated carbocycles. The van der Waals surface area contributed by atoms with Gasteiger partial charge in [-0.25, -0.2) is 4.98 Å². The van der Waals surface area contributed by atoms with Crippen LogP contribution in [0, 0.1) is 0 Å². The molecule has 0 aliphatic heterocycles. The molecule has 0 fully saturated rings. The van der Waals surface area contributed by atoms with Crippen LogP contribution in [-0.2, 0) is 0 Å². The van der Waals surface area contributed by atoms with Gasteiger partial charge in [0, 0.05) is 17.5 Å². The van der Waals surface area contributed by atoms with Gasteiger partial charge >= 0.3 is 0 Å². The molecule has 1 aromatic carbocycles. The second kappa shape index (κ2) is 4.11. The summed E-state index contributed by atoms with van der Waals surface area (Å²) in [5, 5.41) is 17.5. The molecule has 2 aromatic heterocycles. The number of anilines is 1. The summed E-state index contributed by atoms with van der Waals surface area (Å²) in [5.41, 5.74) is 7.03. The zero-order valence-electron chi connectivity index (χ0n) is 9.11. The number of aromatic nitrogens is 3. The van der Waals surface area contributed by atoms with Crippen LogP contribution in [0.15, 0.2) is 40.2 Å². The standard InChI is InChI=1S/C11H8N4O2S/c12-11-13-8(6-18-11)9-10(16)17-14-15(9)7-4-2-1-3-5-7/h1-6H,(H2-,12,13,14,16). The molecular weight excluding hydrogens is 252 g/mol. The first-order valence-electron chi connectivity index (χ1n) is 5.11. The van der Waals surface area contributed by atoms with E-state index >= 15 is 0 Å². The van der Waals surface area contributed by atoms with Gasteiger partial charge in [-0.05, 0) is 4.68 Å². The van der Waals surface area contributed by atoms with Crippen molar-refractivity contribution in [3.05, 3.63) is 35.7 Å². The molecular formula is C11H8N4O2S. The van der Waals surface area contributed by atoms with Crippen molar-refractivity contribution in [3.8, 4) is 23.0 Å². The average Bonchev–Trinajstić information content (AvgIpc) is 2.96. The average molecular weight is 260 g/mol. The van der Waals surface area contributed by atoms with Gasteiger partial charge in [0.1, 0.15) is 0 Å². The van der Waals surface area contributed by atoms with E-state index in [4.69, 9.17) is 10.3 Å². The second-order valence-electron chi connectivity index (χ2n) is 3.53. The van der Waals surface area contributed by atoms with Crippen molar-refractivity contribution in [2.75, 3.05) is 5.73 Å². The fraction of sp³-hybridized carbons (Fsp3) is 0. The lowest BCUT2D eigenvalue weighted by molar-refractivity contribution is -0.660. The van der Waals surface area contributed by atoms with Crippen LogP contribution in [0.25, 0.3) is 17.1 Å². The van der Waals surface area contributed by atoms with Gasteiger partial charge in [0.15, 0.2) is 16.8 Å². The fourth-order valence-corrected chi connectivity index (χ4v) is 2.15. The normalized spacial score (nSPS) is 10.7. The highest BCUT2D eigenvalue weighted by atomic mass is 32.1. The van der Waals surface area contributed by atoms with Crippen molar-refractivity contribution >= 4 is 16.5 Å². The van der Waals surface area contributed by atoms with E-state index in [-0.39, 0.29) is 5.69 Å². The molecule has 0 radical (unpaired) electrons. The van der Waals surface area contributed by atoms with Crippen LogP contribution in [0.4, 0.5) is 5.13 Å². The maximum absolute atomic E-state index is 11.7. The molecule has 6 nitrogen and oxygen atoms in total. The molecule has 3 rings (SSSR count). The summed E-state index contributed by atoms with van der Waals surface area (Å²) in [6.45, 7) is 0. The van der Waals surface area contributed by atoms with Crippen LogP contribution >= 0.6 is 11.3 Å². The number of para-hydroxylation sites is 1. The third kappa shape index (κ3) is 1.70. The Morgan fingerprint density at radius 1 is 1.28 bits per heavy atom. The van der Waals surface area contributed by atoms with Crippen LogP contribution in [0.2, 0.25) is 0 Å². The molecule has 0 aliphatic rings. The summed E-state index contributed by atoms with van der Waals surface area (Å²) < 4.78 is 6.11. The maximum atomic E-state index is 11.7. The van der Waals surface area contributed by atoms with E-state index in [0.717, 1.165) is 5.69 Å². The quantitative estimate of drug-likeness (QED) is 0.686. The molecule has 2 N–H and O–H groups in total. The van der Waals surface area contributed by atoms with Crippen LogP contribution in [0.3, 0.4) is 0 Å². The highest BCUT2D eigenvalue weighted by Crippen LogP contribution is 2.26. The van der Waals surface area contributed by atoms with Gasteiger partial charge in [-0.1, -0.05) is 18.2 Å². The molecule has 0 atom stereocenters. The van der Waals surface area contributed by atoms with Gasteiger partial charge in [0.2, 0.25) is 5.69 Å². The highest BCUT2D eigenvalue weighted by Gasteiger charge is 2.24. The minimum Gasteiger partial charge on any atom is -0.539 e. The van der Waals surface area contributed by atoms with Crippen molar-refractivity contribution in [1.29, 1.82) is 0 Å². The number of benzene rings is 1. The molecule has 0 unspecified atom stereocenters. The van der Waals surface area contributed by atoms with Crippen molar-refractivity contribution in [2.24, 2.45) is 0 Å². The third-order valence-electron chi connectivity index (χ3n) is 2.38. The predicted molar refractivity (Wildman–Crippen MR) is 63.0 cm³/mol. The Balaban J connectivity index is 2.18. The Kier molecular flexibility index (Phi) is 2.45. The number of nitrogen functional groups attached to an aromatic ring is 1. The zero-order chi connectivity index (χ0) is 12.5. The highest BCUT2D eigenvalue weighted by molar-refractivity contribution is 7.13. The van der Waals surface area contributed by atoms with Crippen molar-refractivity contribution in [3.63, 3.8) is 0 Å². The second-order valence-corrected chi connectivity index (χ2v) is 4.42. The van der Waals surface area contributed by atoms with Gasteiger partial charge in [0.05, 0.1) is 5.27 Å². The van der Waals surface area contributed by atoms with E-state index in [1.165, 1.54) is 16.0 Å². The molecule has 0 spiro atoms. The third-order valence-corrected chi connectivity index (χ3v) is 3.05. The Bertz CT molecular complexity index is 677. The van der Waals surface area contributed by atoms with E-state index in [1.54, 1.807) is 5.38 Å². The number of rotatable bonds is 2. The van der Waals surface area contributed by atoms with Gasteiger partial charge in [-0.3, -0.25) is 0 Å². The first-order chi connectivity index (χ1) is 8.75. The first kappa shape index (κ1) is 10.7. The van der Waals surface area contributed by atoms with E-state index in [9.17, 15) is 5.11 Å². The fourth-order valence-electron chi connectivity index (χ4n) is 1.60. The summed E-state index contributed by atoms with van der Waals surface area (Å²) in [7, 11) is 0. The van der Waals surface area contributed by atoms with E-state index in [1.807, 2.05) is 30.3 Å². The van der Waals surface area contributed by atoms with Crippen LogP contribution in [0.1, 0.15) is 0 Å². The SMILES string of the molecule is Nc1nc(-c2c([O-])on[n+]2-c2ccccc2)cs1. The molecule has 0 saturated heterocycles. The smallest absolute Gasteiger partial charge is 0.289 e. The molecule has 90 valence electrons. The molecule has 0 aliphatic carbocycles. The minimum absolute atomic E-state index is 0.272. The number of nitrogens with zero attached hydrogens (tertiary/aromatic N) is 3. The van der Waals surface area contributed by atoms with Crippen molar-refractivity contribution in [2.45, 2.75) is 0 Å². The molecule has 0 amide bonds. The minimum atomic E-state index is -0.538. The molecule has 18 heavy (non-hydrogen) atoms. The predicted octanol–water partition coefficient (Wildman–Crippen LogP) is 0.731. The summed E-state index contributed by atoms with van der Waals surface area (Å²) in [6.07, 6.45) is 0. The van der Waals surface area contributed by atoms with Crippen LogP contribution < -0.4 is 15.5 Å². The molecule has 3 aromatic rings. The van der Waals surface area contributed by atoms with Gasteiger partial charge in [0.25, 0.3) is 5.69 Å². The molecule has 2 heterocycles. The maximum Gasteiger partial charge on any atom is 0.289 e. The van der Waals surface area contributed by atoms with Crippen LogP contribution in [0.5, 0.6) is 5.95 Å². The summed E-state index contributed by atoms with van der Waals surface area (Å²) in [6, 6.07) is 9.21. The largest absolute Gasteiger partial charge is 0.539 e. The Morgan fingerprint density at radius 2 is 2.06 bits per heavy atom. The lowest BCUT2D eigenvalue weighted by atomic mass is 10.3. The lowest BCUT2D eigenvalue weighted by Gasteiger charge is -1.93. The first-order valence-corrected chi connectivity index (χ1v) is 5.99. The number of thiazole rings is 1. The number of nitrogens with two attached hydrogens (primary N) is 1. The molecule has 7 heteroatoms. The summed E-state index contributed by atoms with van der Waals surface area (Å²) in [5.74, 6) is -0.538. The van der Waals surface area contributed by atoms with E-state index in [0.29, 0.717) is 10.8 Å². The Labute approximate surface area is 106 Å². The number of hydrogen-bond acceptors (Lipinski definition) is 6. The summed E-state index contributed by atoms with van der Waals surface area (Å²) >= 11 is 1.26. The zero-order valence-corrected chi connectivity index (χ0v) is 9.92. The monoisotopic (exact) mass is 260 g/mol. The van der Waals surface area contributed by atoms with Crippen molar-refractivity contribution < 1.29 is 14.3 Å². The van der Waals surface area contributed by atoms with Gasteiger partial charge < -0.3 is 15.4 Å². The van der Waals surface area contributed by atoms with Crippen molar-refractivity contribution in [1.82, 2.24) is 10.3 Å². The summed E-state index contributed by atoms with van der Waals surface area (Å²) in [4.78, 5) is 4.08. The van der Waals surface area contributed by atoms with Gasteiger partial charge in [-0.2, -0.15) is 0 Å².